The summed E-state index contributed by atoms with van der Waals surface area (Å²) >= 11 is 0. The van der Waals surface area contributed by atoms with Crippen molar-refractivity contribution in [3.8, 4) is 11.5 Å². The highest BCUT2D eigenvalue weighted by molar-refractivity contribution is 5.94. The molecule has 0 atom stereocenters. The molecule has 1 aliphatic heterocycles. The standard InChI is InChI=1S/C23H26N2O4/c1-23(2)15-18-9-6-10-19(22(18)29-23)28-14-13-24-21(27)16-25-20(26)12-11-17-7-4-3-5-8-17/h3-12H,13-16H2,1-2H3,(H,24,27)(H,25,26)/b12-11+. The lowest BCUT2D eigenvalue weighted by Crippen LogP contribution is -2.37. The quantitative estimate of drug-likeness (QED) is 0.533. The summed E-state index contributed by atoms with van der Waals surface area (Å²) in [5, 5.41) is 5.28. The first-order chi connectivity index (χ1) is 13.9. The summed E-state index contributed by atoms with van der Waals surface area (Å²) in [5.41, 5.74) is 1.82. The maximum atomic E-state index is 11.9. The van der Waals surface area contributed by atoms with Crippen LogP contribution in [0.3, 0.4) is 0 Å². The summed E-state index contributed by atoms with van der Waals surface area (Å²) in [6, 6.07) is 15.3. The van der Waals surface area contributed by atoms with Crippen LogP contribution >= 0.6 is 0 Å². The number of fused-ring (bicyclic) bond motifs is 1. The summed E-state index contributed by atoms with van der Waals surface area (Å²) in [4.78, 5) is 23.7. The lowest BCUT2D eigenvalue weighted by Gasteiger charge is -2.18. The summed E-state index contributed by atoms with van der Waals surface area (Å²) in [7, 11) is 0. The highest BCUT2D eigenvalue weighted by atomic mass is 16.5. The number of nitrogens with one attached hydrogen (secondary N) is 2. The molecule has 0 bridgehead atoms. The second kappa shape index (κ2) is 9.28. The van der Waals surface area contributed by atoms with Crippen molar-refractivity contribution >= 4 is 17.9 Å². The molecule has 29 heavy (non-hydrogen) atoms. The van der Waals surface area contributed by atoms with Gasteiger partial charge in [0.2, 0.25) is 11.8 Å². The van der Waals surface area contributed by atoms with Crippen LogP contribution in [0.2, 0.25) is 0 Å². The van der Waals surface area contributed by atoms with Gasteiger partial charge in [-0.3, -0.25) is 9.59 Å². The zero-order valence-electron chi connectivity index (χ0n) is 16.7. The van der Waals surface area contributed by atoms with E-state index in [1.54, 1.807) is 6.08 Å². The van der Waals surface area contributed by atoms with E-state index in [4.69, 9.17) is 9.47 Å². The third-order valence-corrected chi connectivity index (χ3v) is 4.39. The Kier molecular flexibility index (Phi) is 6.54. The van der Waals surface area contributed by atoms with Gasteiger partial charge >= 0.3 is 0 Å². The van der Waals surface area contributed by atoms with Crippen LogP contribution in [0.4, 0.5) is 0 Å². The molecule has 2 N–H and O–H groups in total. The number of ether oxygens (including phenoxy) is 2. The van der Waals surface area contributed by atoms with Crippen molar-refractivity contribution < 1.29 is 19.1 Å². The Balaban J connectivity index is 1.35. The van der Waals surface area contributed by atoms with Crippen molar-refractivity contribution in [3.05, 3.63) is 65.7 Å². The molecule has 0 saturated heterocycles. The number of hydrogen-bond donors (Lipinski definition) is 2. The molecule has 6 nitrogen and oxygen atoms in total. The SMILES string of the molecule is CC1(C)Cc2cccc(OCCNC(=O)CNC(=O)/C=C/c3ccccc3)c2O1. The van der Waals surface area contributed by atoms with E-state index >= 15 is 0 Å². The lowest BCUT2D eigenvalue weighted by atomic mass is 10.0. The molecule has 6 heteroatoms. The molecule has 1 heterocycles. The van der Waals surface area contributed by atoms with Crippen LogP contribution in [-0.4, -0.2) is 37.1 Å². The van der Waals surface area contributed by atoms with E-state index in [-0.39, 0.29) is 24.0 Å². The van der Waals surface area contributed by atoms with Crippen molar-refractivity contribution in [1.82, 2.24) is 10.6 Å². The number of hydrogen-bond acceptors (Lipinski definition) is 4. The molecule has 0 radical (unpaired) electrons. The summed E-state index contributed by atoms with van der Waals surface area (Å²) in [6.07, 6.45) is 3.95. The van der Waals surface area contributed by atoms with Crippen LogP contribution < -0.4 is 20.1 Å². The van der Waals surface area contributed by atoms with Gasteiger partial charge in [-0.05, 0) is 31.6 Å². The fraction of sp³-hybridized carbons (Fsp3) is 0.304. The highest BCUT2D eigenvalue weighted by Gasteiger charge is 2.32. The van der Waals surface area contributed by atoms with E-state index in [1.807, 2.05) is 62.4 Å². The highest BCUT2D eigenvalue weighted by Crippen LogP contribution is 2.41. The van der Waals surface area contributed by atoms with Crippen LogP contribution in [0, 0.1) is 0 Å². The van der Waals surface area contributed by atoms with Gasteiger partial charge in [0, 0.05) is 18.1 Å². The van der Waals surface area contributed by atoms with E-state index in [2.05, 4.69) is 10.6 Å². The molecule has 0 aliphatic carbocycles. The second-order valence-electron chi connectivity index (χ2n) is 7.44. The predicted molar refractivity (Wildman–Crippen MR) is 112 cm³/mol. The Morgan fingerprint density at radius 2 is 1.90 bits per heavy atom. The molecule has 0 unspecified atom stereocenters. The van der Waals surface area contributed by atoms with E-state index < -0.39 is 0 Å². The molecule has 152 valence electrons. The van der Waals surface area contributed by atoms with Crippen LogP contribution in [0.25, 0.3) is 6.08 Å². The minimum atomic E-state index is -0.320. The van der Waals surface area contributed by atoms with Gasteiger partial charge in [-0.1, -0.05) is 42.5 Å². The van der Waals surface area contributed by atoms with Crippen molar-refractivity contribution in [3.63, 3.8) is 0 Å². The molecule has 1 aliphatic rings. The van der Waals surface area contributed by atoms with Gasteiger partial charge in [0.05, 0.1) is 13.1 Å². The third-order valence-electron chi connectivity index (χ3n) is 4.39. The maximum Gasteiger partial charge on any atom is 0.244 e. The lowest BCUT2D eigenvalue weighted by molar-refractivity contribution is -0.124. The van der Waals surface area contributed by atoms with E-state index in [0.717, 1.165) is 23.3 Å². The predicted octanol–water partition coefficient (Wildman–Crippen LogP) is 2.72. The molecule has 0 saturated carbocycles. The average Bonchev–Trinajstić information content (AvgIpc) is 3.03. The van der Waals surface area contributed by atoms with Gasteiger partial charge in [-0.15, -0.1) is 0 Å². The largest absolute Gasteiger partial charge is 0.488 e. The van der Waals surface area contributed by atoms with Gasteiger partial charge in [0.25, 0.3) is 0 Å². The molecular formula is C23H26N2O4. The Morgan fingerprint density at radius 1 is 1.10 bits per heavy atom. The van der Waals surface area contributed by atoms with Crippen molar-refractivity contribution in [2.24, 2.45) is 0 Å². The van der Waals surface area contributed by atoms with Gasteiger partial charge in [-0.2, -0.15) is 0 Å². The van der Waals surface area contributed by atoms with Gasteiger partial charge < -0.3 is 20.1 Å². The van der Waals surface area contributed by atoms with E-state index in [1.165, 1.54) is 6.08 Å². The van der Waals surface area contributed by atoms with Crippen LogP contribution in [0.5, 0.6) is 11.5 Å². The number of carbonyl (C=O) groups is 2. The normalized spacial score (nSPS) is 14.1. The van der Waals surface area contributed by atoms with Gasteiger partial charge in [0.15, 0.2) is 11.5 Å². The minimum Gasteiger partial charge on any atom is -0.488 e. The number of benzene rings is 2. The average molecular weight is 394 g/mol. The topological polar surface area (TPSA) is 76.7 Å². The Labute approximate surface area is 170 Å². The van der Waals surface area contributed by atoms with Crippen LogP contribution in [0.15, 0.2) is 54.6 Å². The van der Waals surface area contributed by atoms with Crippen molar-refractivity contribution in [2.45, 2.75) is 25.9 Å². The fourth-order valence-corrected chi connectivity index (χ4v) is 3.08. The number of amides is 2. The maximum absolute atomic E-state index is 11.9. The third kappa shape index (κ3) is 6.10. The molecule has 2 aromatic rings. The second-order valence-corrected chi connectivity index (χ2v) is 7.44. The zero-order valence-corrected chi connectivity index (χ0v) is 16.7. The summed E-state index contributed by atoms with van der Waals surface area (Å²) < 4.78 is 11.7. The smallest absolute Gasteiger partial charge is 0.244 e. The zero-order chi connectivity index (χ0) is 20.7. The van der Waals surface area contributed by atoms with Gasteiger partial charge in [0.1, 0.15) is 12.2 Å². The Bertz CT molecular complexity index is 891. The van der Waals surface area contributed by atoms with E-state index in [0.29, 0.717) is 18.9 Å². The Hall–Kier alpha value is -3.28. The number of rotatable bonds is 8. The first-order valence-corrected chi connectivity index (χ1v) is 9.64. The van der Waals surface area contributed by atoms with E-state index in [9.17, 15) is 9.59 Å². The van der Waals surface area contributed by atoms with Crippen molar-refractivity contribution in [1.29, 1.82) is 0 Å². The minimum absolute atomic E-state index is 0.0873. The molecule has 0 spiro atoms. The molecule has 0 aromatic heterocycles. The summed E-state index contributed by atoms with van der Waals surface area (Å²) in [6.45, 7) is 4.64. The monoisotopic (exact) mass is 394 g/mol. The number of carbonyl (C=O) groups excluding carboxylic acids is 2. The Morgan fingerprint density at radius 3 is 2.69 bits per heavy atom. The first kappa shape index (κ1) is 20.5. The van der Waals surface area contributed by atoms with Crippen LogP contribution in [0.1, 0.15) is 25.0 Å². The molecule has 2 amide bonds. The molecule has 3 rings (SSSR count). The molecular weight excluding hydrogens is 368 g/mol. The molecule has 0 fully saturated rings. The van der Waals surface area contributed by atoms with Crippen molar-refractivity contribution in [2.75, 3.05) is 19.7 Å². The summed E-state index contributed by atoms with van der Waals surface area (Å²) in [5.74, 6) is 0.869. The van der Waals surface area contributed by atoms with Crippen LogP contribution in [-0.2, 0) is 16.0 Å². The first-order valence-electron chi connectivity index (χ1n) is 9.64. The van der Waals surface area contributed by atoms with Gasteiger partial charge in [-0.25, -0.2) is 0 Å². The number of para-hydroxylation sites is 1. The fourth-order valence-electron chi connectivity index (χ4n) is 3.08. The molecule has 2 aromatic carbocycles.